The Hall–Kier alpha value is -1.85. The van der Waals surface area contributed by atoms with E-state index in [2.05, 4.69) is 4.98 Å². The summed E-state index contributed by atoms with van der Waals surface area (Å²) in [6.45, 7) is 5.66. The monoisotopic (exact) mass is 279 g/mol. The summed E-state index contributed by atoms with van der Waals surface area (Å²) in [4.78, 5) is 29.6. The Balaban J connectivity index is 2.11. The second-order valence-corrected chi connectivity index (χ2v) is 4.96. The summed E-state index contributed by atoms with van der Waals surface area (Å²) in [6, 6.07) is 0. The van der Waals surface area contributed by atoms with Gasteiger partial charge in [0.2, 0.25) is 5.91 Å². The number of aromatic nitrogens is 2. The van der Waals surface area contributed by atoms with Crippen LogP contribution in [0.1, 0.15) is 45.0 Å². The number of likely N-dealkylation sites (tertiary alicyclic amines) is 1. The van der Waals surface area contributed by atoms with Gasteiger partial charge in [0.05, 0.1) is 6.42 Å². The first-order valence-corrected chi connectivity index (χ1v) is 7.07. The lowest BCUT2D eigenvalue weighted by molar-refractivity contribution is -0.150. The normalized spacial score (nSPS) is 16.2. The molecule has 0 radical (unpaired) electrons. The van der Waals surface area contributed by atoms with Crippen LogP contribution >= 0.6 is 0 Å². The number of rotatable bonds is 5. The lowest BCUT2D eigenvalue weighted by Crippen LogP contribution is -2.30. The molecule has 0 N–H and O–H groups in total. The minimum Gasteiger partial charge on any atom is -0.454 e. The molecule has 1 aliphatic rings. The number of ether oxygens (including phenoxy) is 1. The van der Waals surface area contributed by atoms with Crippen LogP contribution < -0.4 is 0 Å². The highest BCUT2D eigenvalue weighted by molar-refractivity contribution is 5.77. The smallest absolute Gasteiger partial charge is 0.303 e. The number of carbonyl (C=O) groups excluding carboxylic acids is 2. The number of imidazole rings is 1. The van der Waals surface area contributed by atoms with Gasteiger partial charge in [-0.2, -0.15) is 0 Å². The molecule has 0 aliphatic carbocycles. The van der Waals surface area contributed by atoms with Gasteiger partial charge in [-0.3, -0.25) is 9.59 Å². The van der Waals surface area contributed by atoms with Crippen LogP contribution in [-0.4, -0.2) is 39.4 Å². The van der Waals surface area contributed by atoms with Crippen LogP contribution in [0.5, 0.6) is 0 Å². The van der Waals surface area contributed by atoms with Crippen molar-refractivity contribution in [2.45, 2.75) is 45.8 Å². The van der Waals surface area contributed by atoms with Gasteiger partial charge >= 0.3 is 5.97 Å². The van der Waals surface area contributed by atoms with Crippen molar-refractivity contribution < 1.29 is 14.3 Å². The molecule has 0 saturated carbocycles. The zero-order valence-electron chi connectivity index (χ0n) is 12.0. The van der Waals surface area contributed by atoms with Crippen molar-refractivity contribution in [1.82, 2.24) is 14.5 Å². The fraction of sp³-hybridized carbons (Fsp3) is 0.643. The minimum atomic E-state index is -0.601. The largest absolute Gasteiger partial charge is 0.454 e. The third-order valence-electron chi connectivity index (χ3n) is 3.50. The molecule has 6 nitrogen and oxygen atoms in total. The van der Waals surface area contributed by atoms with Crippen LogP contribution in [0.4, 0.5) is 0 Å². The van der Waals surface area contributed by atoms with Crippen molar-refractivity contribution in [3.05, 3.63) is 18.2 Å². The van der Waals surface area contributed by atoms with E-state index in [1.165, 1.54) is 6.92 Å². The van der Waals surface area contributed by atoms with Crippen molar-refractivity contribution >= 4 is 11.9 Å². The first kappa shape index (κ1) is 14.6. The van der Waals surface area contributed by atoms with Crippen LogP contribution in [0.15, 0.2) is 12.4 Å². The molecule has 6 heteroatoms. The number of nitrogens with zero attached hydrogens (tertiary/aromatic N) is 3. The van der Waals surface area contributed by atoms with Crippen molar-refractivity contribution in [2.24, 2.45) is 0 Å². The van der Waals surface area contributed by atoms with Gasteiger partial charge in [0.15, 0.2) is 11.9 Å². The molecule has 110 valence electrons. The summed E-state index contributed by atoms with van der Waals surface area (Å²) in [5.41, 5.74) is 0. The van der Waals surface area contributed by atoms with Gasteiger partial charge in [-0.15, -0.1) is 0 Å². The van der Waals surface area contributed by atoms with E-state index in [-0.39, 0.29) is 12.3 Å². The topological polar surface area (TPSA) is 64.4 Å². The van der Waals surface area contributed by atoms with E-state index < -0.39 is 12.1 Å². The summed E-state index contributed by atoms with van der Waals surface area (Å²) in [6.07, 6.45) is 5.15. The lowest BCUT2D eigenvalue weighted by atomic mass is 10.2. The molecule has 1 saturated heterocycles. The number of aryl methyl sites for hydroxylation is 1. The fourth-order valence-corrected chi connectivity index (χ4v) is 2.52. The van der Waals surface area contributed by atoms with Gasteiger partial charge in [-0.25, -0.2) is 4.98 Å². The fourth-order valence-electron chi connectivity index (χ4n) is 2.52. The van der Waals surface area contributed by atoms with E-state index >= 15 is 0 Å². The van der Waals surface area contributed by atoms with Gasteiger partial charge in [0.25, 0.3) is 0 Å². The molecular formula is C14H21N3O3. The average Bonchev–Trinajstić information content (AvgIpc) is 3.08. The van der Waals surface area contributed by atoms with Crippen LogP contribution in [-0.2, 0) is 20.9 Å². The maximum absolute atomic E-state index is 12.2. The van der Waals surface area contributed by atoms with Crippen LogP contribution in [0.2, 0.25) is 0 Å². The van der Waals surface area contributed by atoms with Gasteiger partial charge < -0.3 is 14.2 Å². The van der Waals surface area contributed by atoms with Crippen molar-refractivity contribution in [2.75, 3.05) is 13.1 Å². The zero-order valence-corrected chi connectivity index (χ0v) is 12.0. The summed E-state index contributed by atoms with van der Waals surface area (Å²) < 4.78 is 7.19. The third-order valence-corrected chi connectivity index (χ3v) is 3.50. The van der Waals surface area contributed by atoms with Gasteiger partial charge in [-0.05, 0) is 19.8 Å². The SMILES string of the molecule is CCn1ccnc1C(CC(=O)N1CCCC1)OC(C)=O. The zero-order chi connectivity index (χ0) is 14.5. The van der Waals surface area contributed by atoms with E-state index in [4.69, 9.17) is 4.74 Å². The molecule has 1 fully saturated rings. The van der Waals surface area contributed by atoms with E-state index in [9.17, 15) is 9.59 Å². The van der Waals surface area contributed by atoms with E-state index in [0.717, 1.165) is 32.5 Å². The summed E-state index contributed by atoms with van der Waals surface area (Å²) in [5, 5.41) is 0. The first-order chi connectivity index (χ1) is 9.61. The molecule has 1 unspecified atom stereocenters. The Morgan fingerprint density at radius 3 is 2.70 bits per heavy atom. The van der Waals surface area contributed by atoms with Crippen LogP contribution in [0, 0.1) is 0 Å². The maximum atomic E-state index is 12.2. The molecule has 2 rings (SSSR count). The van der Waals surface area contributed by atoms with Gasteiger partial charge in [-0.1, -0.05) is 0 Å². The Kier molecular flexibility index (Phi) is 4.76. The molecule has 0 spiro atoms. The molecule has 0 bridgehead atoms. The predicted molar refractivity (Wildman–Crippen MR) is 72.8 cm³/mol. The Labute approximate surface area is 118 Å². The molecule has 1 amide bonds. The number of carbonyl (C=O) groups is 2. The molecule has 1 aliphatic heterocycles. The molecule has 20 heavy (non-hydrogen) atoms. The number of hydrogen-bond donors (Lipinski definition) is 0. The van der Waals surface area contributed by atoms with E-state index in [1.54, 1.807) is 6.20 Å². The second-order valence-electron chi connectivity index (χ2n) is 4.96. The molecular weight excluding hydrogens is 258 g/mol. The third kappa shape index (κ3) is 3.37. The second kappa shape index (κ2) is 6.54. The van der Waals surface area contributed by atoms with E-state index in [1.807, 2.05) is 22.6 Å². The summed E-state index contributed by atoms with van der Waals surface area (Å²) in [5.74, 6) is 0.268. The molecule has 1 atom stereocenters. The standard InChI is InChI=1S/C14H21N3O3/c1-3-16-9-6-15-14(16)12(20-11(2)18)10-13(19)17-7-4-5-8-17/h6,9,12H,3-5,7-8,10H2,1-2H3. The summed E-state index contributed by atoms with van der Waals surface area (Å²) in [7, 11) is 0. The maximum Gasteiger partial charge on any atom is 0.303 e. The number of amides is 1. The van der Waals surface area contributed by atoms with Gasteiger partial charge in [0.1, 0.15) is 0 Å². The van der Waals surface area contributed by atoms with Crippen molar-refractivity contribution in [3.8, 4) is 0 Å². The molecule has 1 aromatic heterocycles. The summed E-state index contributed by atoms with van der Waals surface area (Å²) >= 11 is 0. The van der Waals surface area contributed by atoms with Gasteiger partial charge in [0, 0.05) is 39.0 Å². The Morgan fingerprint density at radius 2 is 2.10 bits per heavy atom. The molecule has 2 heterocycles. The minimum absolute atomic E-state index is 0.0272. The quantitative estimate of drug-likeness (QED) is 0.767. The Morgan fingerprint density at radius 1 is 1.40 bits per heavy atom. The predicted octanol–water partition coefficient (Wildman–Crippen LogP) is 1.52. The highest BCUT2D eigenvalue weighted by Gasteiger charge is 2.27. The van der Waals surface area contributed by atoms with E-state index in [0.29, 0.717) is 5.82 Å². The molecule has 1 aromatic rings. The highest BCUT2D eigenvalue weighted by atomic mass is 16.5. The molecule has 0 aromatic carbocycles. The Bertz CT molecular complexity index is 478. The van der Waals surface area contributed by atoms with Crippen molar-refractivity contribution in [1.29, 1.82) is 0 Å². The number of esters is 1. The van der Waals surface area contributed by atoms with Crippen LogP contribution in [0.3, 0.4) is 0 Å². The lowest BCUT2D eigenvalue weighted by Gasteiger charge is -2.21. The average molecular weight is 279 g/mol. The van der Waals surface area contributed by atoms with Crippen molar-refractivity contribution in [3.63, 3.8) is 0 Å². The first-order valence-electron chi connectivity index (χ1n) is 7.07. The van der Waals surface area contributed by atoms with Crippen LogP contribution in [0.25, 0.3) is 0 Å². The highest BCUT2D eigenvalue weighted by Crippen LogP contribution is 2.22. The number of hydrogen-bond acceptors (Lipinski definition) is 4.